The molecule has 0 saturated heterocycles. The van der Waals surface area contributed by atoms with Gasteiger partial charge < -0.3 is 16.1 Å². The van der Waals surface area contributed by atoms with Gasteiger partial charge in [-0.3, -0.25) is 0 Å². The van der Waals surface area contributed by atoms with Crippen LogP contribution in [0.15, 0.2) is 36.5 Å². The van der Waals surface area contributed by atoms with Gasteiger partial charge in [-0.25, -0.2) is 18.4 Å². The summed E-state index contributed by atoms with van der Waals surface area (Å²) in [4.78, 5) is 6.69. The number of imidazole rings is 1. The number of fused-ring (bicyclic) bond motifs is 2. The van der Waals surface area contributed by atoms with E-state index in [0.717, 1.165) is 28.9 Å². The Bertz CT molecular complexity index is 1140. The van der Waals surface area contributed by atoms with Crippen LogP contribution in [0.3, 0.4) is 0 Å². The first kappa shape index (κ1) is 16.2. The molecule has 2 heterocycles. The summed E-state index contributed by atoms with van der Waals surface area (Å²) in [5.41, 5.74) is -0.213. The number of nitrogens with zero attached hydrogens (tertiary/aromatic N) is 2. The molecule has 0 radical (unpaired) electrons. The number of alkyl halides is 3. The lowest BCUT2D eigenvalue weighted by molar-refractivity contribution is -0.137. The summed E-state index contributed by atoms with van der Waals surface area (Å²) in [7, 11) is 0. The van der Waals surface area contributed by atoms with Crippen LogP contribution in [0.2, 0.25) is 0 Å². The van der Waals surface area contributed by atoms with Crippen LogP contribution in [0.5, 0.6) is 0 Å². The standard InChI is InChI=1S/C16H10F5N5/c17-8-4-9-12(6-23-14(9)10(18)5-8)25-15-24-11-3-7(16(19,20)21)1-2-13(11)26(15)22/h1-6,23H,22H2,(H,24,25). The maximum absolute atomic E-state index is 13.8. The predicted octanol–water partition coefficient (Wildman–Crippen LogP) is 4.27. The molecular weight excluding hydrogens is 357 g/mol. The zero-order valence-corrected chi connectivity index (χ0v) is 12.8. The van der Waals surface area contributed by atoms with Gasteiger partial charge in [0, 0.05) is 17.6 Å². The van der Waals surface area contributed by atoms with E-state index in [2.05, 4.69) is 15.3 Å². The number of halogens is 5. The molecule has 0 saturated carbocycles. The summed E-state index contributed by atoms with van der Waals surface area (Å²) in [6.07, 6.45) is -3.13. The Morgan fingerprint density at radius 3 is 2.62 bits per heavy atom. The average Bonchev–Trinajstić information content (AvgIpc) is 3.09. The Balaban J connectivity index is 1.79. The SMILES string of the molecule is Nn1c(Nc2c[nH]c3c(F)cc(F)cc23)nc2cc(C(F)(F)F)ccc21. The van der Waals surface area contributed by atoms with E-state index < -0.39 is 23.4 Å². The Morgan fingerprint density at radius 1 is 1.12 bits per heavy atom. The predicted molar refractivity (Wildman–Crippen MR) is 86.4 cm³/mol. The fourth-order valence-electron chi connectivity index (χ4n) is 2.74. The monoisotopic (exact) mass is 367 g/mol. The Kier molecular flexibility index (Phi) is 3.33. The van der Waals surface area contributed by atoms with E-state index in [9.17, 15) is 22.0 Å². The number of nitrogen functional groups attached to an aromatic ring is 1. The molecule has 0 fully saturated rings. The number of rotatable bonds is 2. The second-order valence-electron chi connectivity index (χ2n) is 5.64. The molecule has 0 spiro atoms. The zero-order valence-electron chi connectivity index (χ0n) is 12.8. The number of anilines is 2. The van der Waals surface area contributed by atoms with Crippen LogP contribution in [-0.4, -0.2) is 14.6 Å². The summed E-state index contributed by atoms with van der Waals surface area (Å²) in [6, 6.07) is 4.82. The quantitative estimate of drug-likeness (QED) is 0.366. The van der Waals surface area contributed by atoms with Crippen molar-refractivity contribution in [1.29, 1.82) is 0 Å². The molecule has 10 heteroatoms. The maximum atomic E-state index is 13.8. The molecule has 0 aliphatic carbocycles. The van der Waals surface area contributed by atoms with E-state index in [4.69, 9.17) is 5.84 Å². The number of H-pyrrole nitrogens is 1. The maximum Gasteiger partial charge on any atom is 0.416 e. The number of nitrogens with two attached hydrogens (primary N) is 1. The fourth-order valence-corrected chi connectivity index (χ4v) is 2.74. The van der Waals surface area contributed by atoms with Crippen LogP contribution < -0.4 is 11.2 Å². The Labute approximate surface area is 142 Å². The summed E-state index contributed by atoms with van der Waals surface area (Å²) < 4.78 is 66.7. The number of benzene rings is 2. The van der Waals surface area contributed by atoms with E-state index in [1.54, 1.807) is 0 Å². The van der Waals surface area contributed by atoms with E-state index in [1.165, 1.54) is 12.3 Å². The lowest BCUT2D eigenvalue weighted by atomic mass is 10.2. The second-order valence-corrected chi connectivity index (χ2v) is 5.64. The third kappa shape index (κ3) is 2.50. The molecule has 5 nitrogen and oxygen atoms in total. The minimum Gasteiger partial charge on any atom is -0.357 e. The molecule has 4 rings (SSSR count). The third-order valence-electron chi connectivity index (χ3n) is 3.97. The van der Waals surface area contributed by atoms with Crippen molar-refractivity contribution in [3.63, 3.8) is 0 Å². The molecule has 4 N–H and O–H groups in total. The number of hydrogen-bond donors (Lipinski definition) is 3. The summed E-state index contributed by atoms with van der Waals surface area (Å²) in [6.45, 7) is 0. The van der Waals surface area contributed by atoms with Crippen LogP contribution in [0, 0.1) is 11.6 Å². The lowest BCUT2D eigenvalue weighted by Crippen LogP contribution is -2.11. The molecule has 0 bridgehead atoms. The fraction of sp³-hybridized carbons (Fsp3) is 0.0625. The topological polar surface area (TPSA) is 71.7 Å². The minimum atomic E-state index is -4.51. The van der Waals surface area contributed by atoms with Crippen molar-refractivity contribution >= 4 is 33.6 Å². The number of aromatic amines is 1. The lowest BCUT2D eigenvalue weighted by Gasteiger charge is -2.06. The molecular formula is C16H10F5N5. The van der Waals surface area contributed by atoms with Gasteiger partial charge in [-0.05, 0) is 24.3 Å². The number of aromatic nitrogens is 3. The second kappa shape index (κ2) is 5.35. The Hall–Kier alpha value is -3.30. The van der Waals surface area contributed by atoms with Crippen LogP contribution in [0.1, 0.15) is 5.56 Å². The Morgan fingerprint density at radius 2 is 1.88 bits per heavy atom. The molecule has 0 atom stereocenters. The van der Waals surface area contributed by atoms with Gasteiger partial charge in [-0.1, -0.05) is 0 Å². The van der Waals surface area contributed by atoms with E-state index >= 15 is 0 Å². The first-order valence-corrected chi connectivity index (χ1v) is 7.32. The van der Waals surface area contributed by atoms with Crippen LogP contribution in [0.4, 0.5) is 33.6 Å². The van der Waals surface area contributed by atoms with E-state index in [0.29, 0.717) is 0 Å². The van der Waals surface area contributed by atoms with Gasteiger partial charge in [0.2, 0.25) is 5.95 Å². The van der Waals surface area contributed by atoms with Crippen molar-refractivity contribution in [2.24, 2.45) is 0 Å². The highest BCUT2D eigenvalue weighted by atomic mass is 19.4. The van der Waals surface area contributed by atoms with Crippen molar-refractivity contribution in [3.8, 4) is 0 Å². The molecule has 0 amide bonds. The molecule has 4 aromatic rings. The van der Waals surface area contributed by atoms with Crippen molar-refractivity contribution in [2.45, 2.75) is 6.18 Å². The molecule has 134 valence electrons. The van der Waals surface area contributed by atoms with Crippen molar-refractivity contribution in [2.75, 3.05) is 11.2 Å². The van der Waals surface area contributed by atoms with E-state index in [-0.39, 0.29) is 33.6 Å². The highest BCUT2D eigenvalue weighted by molar-refractivity contribution is 5.94. The van der Waals surface area contributed by atoms with Crippen LogP contribution >= 0.6 is 0 Å². The summed E-state index contributed by atoms with van der Waals surface area (Å²) >= 11 is 0. The van der Waals surface area contributed by atoms with Gasteiger partial charge in [-0.2, -0.15) is 13.2 Å². The smallest absolute Gasteiger partial charge is 0.357 e. The van der Waals surface area contributed by atoms with Gasteiger partial charge in [0.05, 0.1) is 27.8 Å². The average molecular weight is 367 g/mol. The molecule has 0 unspecified atom stereocenters. The molecule has 2 aromatic carbocycles. The summed E-state index contributed by atoms with van der Waals surface area (Å²) in [5, 5.41) is 2.99. The molecule has 26 heavy (non-hydrogen) atoms. The minimum absolute atomic E-state index is 0.0184. The summed E-state index contributed by atoms with van der Waals surface area (Å²) in [5.74, 6) is 4.35. The third-order valence-corrected chi connectivity index (χ3v) is 3.97. The molecule has 0 aliphatic rings. The zero-order chi connectivity index (χ0) is 18.6. The first-order chi connectivity index (χ1) is 12.2. The van der Waals surface area contributed by atoms with Gasteiger partial charge in [0.1, 0.15) is 11.6 Å². The largest absolute Gasteiger partial charge is 0.416 e. The molecule has 0 aliphatic heterocycles. The first-order valence-electron chi connectivity index (χ1n) is 7.32. The normalized spacial score (nSPS) is 12.2. The van der Waals surface area contributed by atoms with Gasteiger partial charge in [0.15, 0.2) is 0 Å². The van der Waals surface area contributed by atoms with Crippen LogP contribution in [0.25, 0.3) is 21.9 Å². The van der Waals surface area contributed by atoms with Crippen LogP contribution in [-0.2, 0) is 6.18 Å². The van der Waals surface area contributed by atoms with Crippen molar-refractivity contribution < 1.29 is 22.0 Å². The van der Waals surface area contributed by atoms with Gasteiger partial charge in [-0.15, -0.1) is 0 Å². The highest BCUT2D eigenvalue weighted by Crippen LogP contribution is 2.33. The van der Waals surface area contributed by atoms with Gasteiger partial charge >= 0.3 is 6.18 Å². The van der Waals surface area contributed by atoms with Crippen molar-refractivity contribution in [3.05, 3.63) is 53.7 Å². The van der Waals surface area contributed by atoms with E-state index in [1.807, 2.05) is 0 Å². The van der Waals surface area contributed by atoms with Crippen molar-refractivity contribution in [1.82, 2.24) is 14.6 Å². The number of hydrogen-bond acceptors (Lipinski definition) is 3. The highest BCUT2D eigenvalue weighted by Gasteiger charge is 2.31. The number of nitrogens with one attached hydrogen (secondary N) is 2. The van der Waals surface area contributed by atoms with Gasteiger partial charge in [0.25, 0.3) is 0 Å². The molecule has 2 aromatic heterocycles.